The van der Waals surface area contributed by atoms with E-state index in [1.165, 1.54) is 12.3 Å². The van der Waals surface area contributed by atoms with E-state index in [4.69, 9.17) is 5.11 Å². The minimum absolute atomic E-state index is 0.0285. The third kappa shape index (κ3) is 4.76. The van der Waals surface area contributed by atoms with Crippen LogP contribution in [0.1, 0.15) is 35.7 Å². The molecule has 7 nitrogen and oxygen atoms in total. The van der Waals surface area contributed by atoms with Gasteiger partial charge in [0.2, 0.25) is 0 Å². The normalized spacial score (nSPS) is 10.7. The van der Waals surface area contributed by atoms with Crippen LogP contribution in [0, 0.1) is 0 Å². The number of hydrogen-bond donors (Lipinski definition) is 2. The third-order valence-corrected chi connectivity index (χ3v) is 4.45. The number of nitrogens with one attached hydrogen (secondary N) is 1. The summed E-state index contributed by atoms with van der Waals surface area (Å²) < 4.78 is 1.07. The molecule has 0 atom stereocenters. The quantitative estimate of drug-likeness (QED) is 0.671. The van der Waals surface area contributed by atoms with Gasteiger partial charge in [0.15, 0.2) is 0 Å². The predicted molar refractivity (Wildman–Crippen MR) is 110 cm³/mol. The number of anilines is 1. The molecule has 0 aliphatic heterocycles. The summed E-state index contributed by atoms with van der Waals surface area (Å²) in [5.41, 5.74) is 2.82. The van der Waals surface area contributed by atoms with Crippen LogP contribution in [-0.4, -0.2) is 26.5 Å². The Labute approximate surface area is 167 Å². The molecule has 0 unspecified atom stereocenters. The lowest BCUT2D eigenvalue weighted by Crippen LogP contribution is -2.26. The number of amides is 1. The van der Waals surface area contributed by atoms with Gasteiger partial charge >= 0.3 is 5.97 Å². The maximum Gasteiger partial charge on any atom is 0.323 e. The average molecular weight is 391 g/mol. The maximum atomic E-state index is 12.9. The zero-order chi connectivity index (χ0) is 21.0. The Morgan fingerprint density at radius 2 is 1.90 bits per heavy atom. The maximum absolute atomic E-state index is 12.9. The number of benzene rings is 1. The van der Waals surface area contributed by atoms with Gasteiger partial charge in [-0.3, -0.25) is 19.4 Å². The number of rotatable bonds is 6. The summed E-state index contributed by atoms with van der Waals surface area (Å²) in [7, 11) is 0. The number of aliphatic carboxylic acids is 1. The first-order valence-corrected chi connectivity index (χ1v) is 9.13. The second-order valence-electron chi connectivity index (χ2n) is 6.93. The number of hydrogen-bond acceptors (Lipinski definition) is 4. The van der Waals surface area contributed by atoms with Crippen molar-refractivity contribution in [2.45, 2.75) is 26.3 Å². The molecule has 0 saturated heterocycles. The standard InChI is InChI=1S/C22H21N3O4/c1-14(2)18-10-20(26)25(13-21(27)28)12-19(18)24-22(29)16-6-3-5-15(9-16)17-7-4-8-23-11-17/h3-12,14H,13H2,1-2H3,(H,24,29)(H,27,28). The Kier molecular flexibility index (Phi) is 5.87. The van der Waals surface area contributed by atoms with Gasteiger partial charge in [0.25, 0.3) is 11.5 Å². The summed E-state index contributed by atoms with van der Waals surface area (Å²) in [4.78, 5) is 40.1. The lowest BCUT2D eigenvalue weighted by atomic mass is 10.0. The summed E-state index contributed by atoms with van der Waals surface area (Å²) in [5.74, 6) is -1.51. The van der Waals surface area contributed by atoms with Crippen LogP contribution < -0.4 is 10.9 Å². The number of nitrogens with zero attached hydrogens (tertiary/aromatic N) is 2. The van der Waals surface area contributed by atoms with Gasteiger partial charge in [-0.25, -0.2) is 0 Å². The molecule has 0 saturated carbocycles. The van der Waals surface area contributed by atoms with Gasteiger partial charge in [0.1, 0.15) is 6.54 Å². The molecule has 0 bridgehead atoms. The Bertz CT molecular complexity index is 1100. The van der Waals surface area contributed by atoms with E-state index in [2.05, 4.69) is 10.3 Å². The zero-order valence-corrected chi connectivity index (χ0v) is 16.1. The zero-order valence-electron chi connectivity index (χ0n) is 16.1. The minimum Gasteiger partial charge on any atom is -0.480 e. The minimum atomic E-state index is -1.13. The second-order valence-corrected chi connectivity index (χ2v) is 6.93. The Morgan fingerprint density at radius 3 is 2.55 bits per heavy atom. The van der Waals surface area contributed by atoms with E-state index in [0.717, 1.165) is 15.7 Å². The number of carbonyl (C=O) groups is 2. The molecular formula is C22H21N3O4. The van der Waals surface area contributed by atoms with Crippen molar-refractivity contribution < 1.29 is 14.7 Å². The fraction of sp³-hybridized carbons (Fsp3) is 0.182. The van der Waals surface area contributed by atoms with Crippen LogP contribution in [0.15, 0.2) is 65.8 Å². The van der Waals surface area contributed by atoms with E-state index < -0.39 is 18.1 Å². The number of aromatic nitrogens is 2. The van der Waals surface area contributed by atoms with Gasteiger partial charge in [0.05, 0.1) is 5.69 Å². The van der Waals surface area contributed by atoms with Crippen molar-refractivity contribution in [3.05, 3.63) is 82.5 Å². The fourth-order valence-corrected chi connectivity index (χ4v) is 3.01. The number of pyridine rings is 2. The van der Waals surface area contributed by atoms with E-state index in [1.807, 2.05) is 32.0 Å². The SMILES string of the molecule is CC(C)c1cc(=O)n(CC(=O)O)cc1NC(=O)c1cccc(-c2cccnc2)c1. The summed E-state index contributed by atoms with van der Waals surface area (Å²) in [6.07, 6.45) is 4.78. The van der Waals surface area contributed by atoms with Gasteiger partial charge in [0, 0.05) is 35.8 Å². The molecule has 0 radical (unpaired) electrons. The molecule has 2 heterocycles. The number of carbonyl (C=O) groups excluding carboxylic acids is 1. The van der Waals surface area contributed by atoms with Crippen molar-refractivity contribution in [1.82, 2.24) is 9.55 Å². The first kappa shape index (κ1) is 20.0. The van der Waals surface area contributed by atoms with E-state index in [1.54, 1.807) is 30.6 Å². The molecule has 1 amide bonds. The van der Waals surface area contributed by atoms with Crippen molar-refractivity contribution in [3.8, 4) is 11.1 Å². The topological polar surface area (TPSA) is 101 Å². The molecule has 7 heteroatoms. The van der Waals surface area contributed by atoms with Gasteiger partial charge in [-0.15, -0.1) is 0 Å². The Morgan fingerprint density at radius 1 is 1.14 bits per heavy atom. The van der Waals surface area contributed by atoms with Crippen LogP contribution in [0.25, 0.3) is 11.1 Å². The number of carboxylic acid groups (broad SMARTS) is 1. The van der Waals surface area contributed by atoms with Crippen molar-refractivity contribution in [1.29, 1.82) is 0 Å². The molecule has 0 fully saturated rings. The molecule has 2 N–H and O–H groups in total. The predicted octanol–water partition coefficient (Wildman–Crippen LogP) is 3.37. The van der Waals surface area contributed by atoms with Crippen molar-refractivity contribution >= 4 is 17.6 Å². The van der Waals surface area contributed by atoms with Gasteiger partial charge in [-0.2, -0.15) is 0 Å². The van der Waals surface area contributed by atoms with Gasteiger partial charge in [-0.1, -0.05) is 32.0 Å². The highest BCUT2D eigenvalue weighted by Gasteiger charge is 2.15. The van der Waals surface area contributed by atoms with Crippen LogP contribution in [0.2, 0.25) is 0 Å². The summed E-state index contributed by atoms with van der Waals surface area (Å²) in [5, 5.41) is 11.8. The number of carboxylic acids is 1. The summed E-state index contributed by atoms with van der Waals surface area (Å²) in [6.45, 7) is 3.32. The summed E-state index contributed by atoms with van der Waals surface area (Å²) in [6, 6.07) is 12.2. The monoisotopic (exact) mass is 391 g/mol. The first-order valence-electron chi connectivity index (χ1n) is 9.13. The lowest BCUT2D eigenvalue weighted by Gasteiger charge is -2.16. The van der Waals surface area contributed by atoms with Crippen LogP contribution in [0.4, 0.5) is 5.69 Å². The molecule has 0 aliphatic carbocycles. The molecule has 148 valence electrons. The van der Waals surface area contributed by atoms with E-state index in [9.17, 15) is 14.4 Å². The Balaban J connectivity index is 1.94. The third-order valence-electron chi connectivity index (χ3n) is 4.45. The van der Waals surface area contributed by atoms with Crippen molar-refractivity contribution in [3.63, 3.8) is 0 Å². The van der Waals surface area contributed by atoms with Crippen LogP contribution in [-0.2, 0) is 11.3 Å². The summed E-state index contributed by atoms with van der Waals surface area (Å²) >= 11 is 0. The van der Waals surface area contributed by atoms with Crippen LogP contribution >= 0.6 is 0 Å². The molecule has 0 aliphatic rings. The highest BCUT2D eigenvalue weighted by molar-refractivity contribution is 6.05. The molecule has 1 aromatic carbocycles. The fourth-order valence-electron chi connectivity index (χ4n) is 3.01. The molecule has 0 spiro atoms. The Hall–Kier alpha value is -3.74. The van der Waals surface area contributed by atoms with Gasteiger partial charge < -0.3 is 15.0 Å². The highest BCUT2D eigenvalue weighted by atomic mass is 16.4. The molecule has 3 aromatic rings. The van der Waals surface area contributed by atoms with E-state index in [-0.39, 0.29) is 11.8 Å². The van der Waals surface area contributed by atoms with Crippen molar-refractivity contribution in [2.75, 3.05) is 5.32 Å². The van der Waals surface area contributed by atoms with E-state index in [0.29, 0.717) is 16.8 Å². The molecule has 2 aromatic heterocycles. The molecule has 3 rings (SSSR count). The lowest BCUT2D eigenvalue weighted by molar-refractivity contribution is -0.137. The molecule has 29 heavy (non-hydrogen) atoms. The van der Waals surface area contributed by atoms with Crippen LogP contribution in [0.5, 0.6) is 0 Å². The second kappa shape index (κ2) is 8.52. The first-order chi connectivity index (χ1) is 13.8. The van der Waals surface area contributed by atoms with Crippen molar-refractivity contribution in [2.24, 2.45) is 0 Å². The van der Waals surface area contributed by atoms with Gasteiger partial charge in [-0.05, 0) is 35.2 Å². The smallest absolute Gasteiger partial charge is 0.323 e. The van der Waals surface area contributed by atoms with Crippen LogP contribution in [0.3, 0.4) is 0 Å². The van der Waals surface area contributed by atoms with E-state index >= 15 is 0 Å². The molecular weight excluding hydrogens is 370 g/mol. The highest BCUT2D eigenvalue weighted by Crippen LogP contribution is 2.24. The average Bonchev–Trinajstić information content (AvgIpc) is 2.70. The largest absolute Gasteiger partial charge is 0.480 e.